The summed E-state index contributed by atoms with van der Waals surface area (Å²) < 4.78 is 5.22. The van der Waals surface area contributed by atoms with Crippen molar-refractivity contribution in [2.24, 2.45) is 0 Å². The number of ether oxygens (including phenoxy) is 1. The van der Waals surface area contributed by atoms with Crippen LogP contribution in [0.4, 0.5) is 17.5 Å². The SMILES string of the molecule is COc1cccc(CCNc2nccc(Nc3ccccc3C(=O)O)n2)c1. The van der Waals surface area contributed by atoms with Gasteiger partial charge in [0.05, 0.1) is 18.4 Å². The Kier molecular flexibility index (Phi) is 5.84. The molecule has 3 N–H and O–H groups in total. The minimum atomic E-state index is -0.996. The van der Waals surface area contributed by atoms with Crippen molar-refractivity contribution in [3.63, 3.8) is 0 Å². The van der Waals surface area contributed by atoms with E-state index in [-0.39, 0.29) is 5.56 Å². The van der Waals surface area contributed by atoms with Crippen molar-refractivity contribution in [2.45, 2.75) is 6.42 Å². The average Bonchev–Trinajstić information content (AvgIpc) is 2.69. The van der Waals surface area contributed by atoms with Gasteiger partial charge in [-0.05, 0) is 42.3 Å². The zero-order valence-corrected chi connectivity index (χ0v) is 14.8. The quantitative estimate of drug-likeness (QED) is 0.562. The zero-order valence-electron chi connectivity index (χ0n) is 14.8. The highest BCUT2D eigenvalue weighted by atomic mass is 16.5. The van der Waals surface area contributed by atoms with E-state index in [0.717, 1.165) is 17.7 Å². The highest BCUT2D eigenvalue weighted by molar-refractivity contribution is 5.94. The number of carboxylic acid groups (broad SMARTS) is 1. The van der Waals surface area contributed by atoms with Crippen LogP contribution in [-0.2, 0) is 6.42 Å². The first-order chi connectivity index (χ1) is 13.2. The fourth-order valence-electron chi connectivity index (χ4n) is 2.58. The van der Waals surface area contributed by atoms with Crippen LogP contribution in [0.1, 0.15) is 15.9 Å². The van der Waals surface area contributed by atoms with E-state index in [1.54, 1.807) is 43.6 Å². The Labute approximate surface area is 157 Å². The number of carbonyl (C=O) groups is 1. The lowest BCUT2D eigenvalue weighted by Crippen LogP contribution is -2.09. The summed E-state index contributed by atoms with van der Waals surface area (Å²) >= 11 is 0. The Hall–Kier alpha value is -3.61. The summed E-state index contributed by atoms with van der Waals surface area (Å²) in [4.78, 5) is 19.9. The Morgan fingerprint density at radius 1 is 1.15 bits per heavy atom. The molecule has 0 aliphatic carbocycles. The minimum absolute atomic E-state index is 0.184. The molecule has 0 amide bonds. The molecule has 0 radical (unpaired) electrons. The Balaban J connectivity index is 1.63. The first-order valence-corrected chi connectivity index (χ1v) is 8.45. The van der Waals surface area contributed by atoms with Gasteiger partial charge in [0.25, 0.3) is 0 Å². The maximum Gasteiger partial charge on any atom is 0.337 e. The summed E-state index contributed by atoms with van der Waals surface area (Å²) in [6, 6.07) is 16.3. The van der Waals surface area contributed by atoms with Gasteiger partial charge in [0, 0.05) is 12.7 Å². The lowest BCUT2D eigenvalue weighted by molar-refractivity contribution is 0.0698. The summed E-state index contributed by atoms with van der Waals surface area (Å²) in [5, 5.41) is 15.5. The van der Waals surface area contributed by atoms with E-state index >= 15 is 0 Å². The molecule has 0 atom stereocenters. The van der Waals surface area contributed by atoms with Gasteiger partial charge in [0.15, 0.2) is 0 Å². The van der Waals surface area contributed by atoms with E-state index in [1.165, 1.54) is 0 Å². The van der Waals surface area contributed by atoms with Crippen LogP contribution in [0, 0.1) is 0 Å². The number of anilines is 3. The van der Waals surface area contributed by atoms with Crippen molar-refractivity contribution in [1.82, 2.24) is 9.97 Å². The van der Waals surface area contributed by atoms with Gasteiger partial charge in [-0.1, -0.05) is 24.3 Å². The van der Waals surface area contributed by atoms with Crippen molar-refractivity contribution < 1.29 is 14.6 Å². The van der Waals surface area contributed by atoms with Crippen LogP contribution in [0.2, 0.25) is 0 Å². The van der Waals surface area contributed by atoms with Crippen LogP contribution >= 0.6 is 0 Å². The molecule has 0 spiro atoms. The predicted octanol–water partition coefficient (Wildman–Crippen LogP) is 3.58. The number of rotatable bonds is 8. The fourth-order valence-corrected chi connectivity index (χ4v) is 2.58. The Bertz CT molecular complexity index is 930. The minimum Gasteiger partial charge on any atom is -0.497 e. The topological polar surface area (TPSA) is 96.4 Å². The molecule has 1 aromatic heterocycles. The predicted molar refractivity (Wildman–Crippen MR) is 104 cm³/mol. The van der Waals surface area contributed by atoms with Gasteiger partial charge in [-0.15, -0.1) is 0 Å². The van der Waals surface area contributed by atoms with Gasteiger partial charge in [-0.2, -0.15) is 4.98 Å². The molecule has 2 aromatic carbocycles. The van der Waals surface area contributed by atoms with E-state index in [0.29, 0.717) is 24.0 Å². The Morgan fingerprint density at radius 3 is 2.81 bits per heavy atom. The number of methoxy groups -OCH3 is 1. The number of hydrogen-bond donors (Lipinski definition) is 3. The number of para-hydroxylation sites is 1. The molecule has 1 heterocycles. The van der Waals surface area contributed by atoms with E-state index < -0.39 is 5.97 Å². The molecule has 0 saturated heterocycles. The smallest absolute Gasteiger partial charge is 0.337 e. The van der Waals surface area contributed by atoms with E-state index in [1.807, 2.05) is 24.3 Å². The molecule has 0 fully saturated rings. The molecule has 0 bridgehead atoms. The number of carboxylic acids is 1. The van der Waals surface area contributed by atoms with Crippen LogP contribution in [0.25, 0.3) is 0 Å². The van der Waals surface area contributed by atoms with Gasteiger partial charge in [-0.3, -0.25) is 0 Å². The molecule has 0 unspecified atom stereocenters. The van der Waals surface area contributed by atoms with Crippen molar-refractivity contribution in [3.8, 4) is 5.75 Å². The largest absolute Gasteiger partial charge is 0.497 e. The summed E-state index contributed by atoms with van der Waals surface area (Å²) in [5.41, 5.74) is 1.81. The molecule has 27 heavy (non-hydrogen) atoms. The number of nitrogens with one attached hydrogen (secondary N) is 2. The summed E-state index contributed by atoms with van der Waals surface area (Å²) in [6.45, 7) is 0.655. The van der Waals surface area contributed by atoms with Crippen LogP contribution in [0.3, 0.4) is 0 Å². The standard InChI is InChI=1S/C20H20N4O3/c1-27-15-6-4-5-14(13-15)9-11-21-20-22-12-10-18(24-20)23-17-8-3-2-7-16(17)19(25)26/h2-8,10,12-13H,9,11H2,1H3,(H,25,26)(H2,21,22,23,24). The normalized spacial score (nSPS) is 10.3. The number of nitrogens with zero attached hydrogens (tertiary/aromatic N) is 2. The summed E-state index contributed by atoms with van der Waals surface area (Å²) in [5.74, 6) is 0.814. The molecule has 138 valence electrons. The average molecular weight is 364 g/mol. The molecule has 3 aromatic rings. The second kappa shape index (κ2) is 8.66. The van der Waals surface area contributed by atoms with Gasteiger partial charge in [-0.25, -0.2) is 9.78 Å². The highest BCUT2D eigenvalue weighted by Gasteiger charge is 2.09. The fraction of sp³-hybridized carbons (Fsp3) is 0.150. The maximum atomic E-state index is 11.3. The third-order valence-corrected chi connectivity index (χ3v) is 3.91. The second-order valence-corrected chi connectivity index (χ2v) is 5.77. The van der Waals surface area contributed by atoms with Crippen LogP contribution in [0.5, 0.6) is 5.75 Å². The van der Waals surface area contributed by atoms with Crippen molar-refractivity contribution in [3.05, 3.63) is 71.9 Å². The number of benzene rings is 2. The van der Waals surface area contributed by atoms with E-state index in [9.17, 15) is 9.90 Å². The number of aromatic carboxylic acids is 1. The molecule has 0 saturated carbocycles. The molecule has 7 nitrogen and oxygen atoms in total. The maximum absolute atomic E-state index is 11.3. The van der Waals surface area contributed by atoms with E-state index in [2.05, 4.69) is 20.6 Å². The van der Waals surface area contributed by atoms with Crippen LogP contribution in [0.15, 0.2) is 60.8 Å². The lowest BCUT2D eigenvalue weighted by Gasteiger charge is -2.10. The van der Waals surface area contributed by atoms with Crippen molar-refractivity contribution in [2.75, 3.05) is 24.3 Å². The summed E-state index contributed by atoms with van der Waals surface area (Å²) in [6.07, 6.45) is 2.41. The van der Waals surface area contributed by atoms with Crippen molar-refractivity contribution in [1.29, 1.82) is 0 Å². The third kappa shape index (κ3) is 4.94. The molecule has 0 aliphatic heterocycles. The molecule has 7 heteroatoms. The molecular formula is C20H20N4O3. The van der Waals surface area contributed by atoms with Gasteiger partial charge in [0.1, 0.15) is 11.6 Å². The number of aromatic nitrogens is 2. The third-order valence-electron chi connectivity index (χ3n) is 3.91. The van der Waals surface area contributed by atoms with Crippen LogP contribution < -0.4 is 15.4 Å². The Morgan fingerprint density at radius 2 is 2.00 bits per heavy atom. The van der Waals surface area contributed by atoms with Gasteiger partial charge >= 0.3 is 5.97 Å². The highest BCUT2D eigenvalue weighted by Crippen LogP contribution is 2.20. The summed E-state index contributed by atoms with van der Waals surface area (Å²) in [7, 11) is 1.65. The molecule has 3 rings (SSSR count). The second-order valence-electron chi connectivity index (χ2n) is 5.77. The first-order valence-electron chi connectivity index (χ1n) is 8.45. The lowest BCUT2D eigenvalue weighted by atomic mass is 10.1. The van der Waals surface area contributed by atoms with Crippen molar-refractivity contribution >= 4 is 23.4 Å². The molecule has 0 aliphatic rings. The molecular weight excluding hydrogens is 344 g/mol. The number of hydrogen-bond acceptors (Lipinski definition) is 6. The first kappa shape index (κ1) is 18.2. The monoisotopic (exact) mass is 364 g/mol. The zero-order chi connectivity index (χ0) is 19.1. The van der Waals surface area contributed by atoms with Crippen LogP contribution in [-0.4, -0.2) is 34.7 Å². The van der Waals surface area contributed by atoms with E-state index in [4.69, 9.17) is 4.74 Å². The van der Waals surface area contributed by atoms with Gasteiger partial charge < -0.3 is 20.5 Å². The van der Waals surface area contributed by atoms with Gasteiger partial charge in [0.2, 0.25) is 5.95 Å².